The maximum atomic E-state index is 11.8. The van der Waals surface area contributed by atoms with Crippen molar-refractivity contribution >= 4 is 5.91 Å². The molecule has 0 saturated heterocycles. The summed E-state index contributed by atoms with van der Waals surface area (Å²) < 4.78 is 0. The molecule has 0 aliphatic carbocycles. The molecule has 2 aromatic rings. The Kier molecular flexibility index (Phi) is 4.03. The number of nitrogens with two attached hydrogens (primary N) is 1. The van der Waals surface area contributed by atoms with Gasteiger partial charge in [0.15, 0.2) is 0 Å². The Labute approximate surface area is 122 Å². The minimum atomic E-state index is -0.651. The molecule has 0 aliphatic heterocycles. The van der Waals surface area contributed by atoms with Crippen molar-refractivity contribution in [3.8, 4) is 11.1 Å². The van der Waals surface area contributed by atoms with Gasteiger partial charge in [0, 0.05) is 10.5 Å². The predicted molar refractivity (Wildman–Crippen MR) is 80.6 cm³/mol. The zero-order valence-corrected chi connectivity index (χ0v) is 11.9. The first-order chi connectivity index (χ1) is 9.90. The zero-order chi connectivity index (χ0) is 15.6. The topological polar surface area (TPSA) is 86.2 Å². The maximum Gasteiger partial charge on any atom is 0.249 e. The minimum absolute atomic E-state index is 0.223. The smallest absolute Gasteiger partial charge is 0.249 e. The van der Waals surface area contributed by atoms with Crippen LogP contribution in [0.25, 0.3) is 11.1 Å². The largest absolute Gasteiger partial charge is 0.366 e. The molecular formula is C16H16N2O3. The molecule has 2 N–H and O–H groups in total. The molecule has 0 fully saturated rings. The number of amides is 1. The van der Waals surface area contributed by atoms with Crippen LogP contribution >= 0.6 is 0 Å². The van der Waals surface area contributed by atoms with Crippen LogP contribution in [-0.2, 0) is 6.54 Å². The molecule has 108 valence electrons. The van der Waals surface area contributed by atoms with Crippen molar-refractivity contribution in [2.75, 3.05) is 0 Å². The maximum absolute atomic E-state index is 11.8. The number of carbonyl (C=O) groups excluding carboxylic acids is 1. The molecule has 0 spiro atoms. The number of rotatable bonds is 4. The van der Waals surface area contributed by atoms with Crippen LogP contribution in [0.5, 0.6) is 0 Å². The molecule has 0 unspecified atom stereocenters. The second kappa shape index (κ2) is 5.75. The highest BCUT2D eigenvalue weighted by Gasteiger charge is 2.18. The number of nitrogens with zero attached hydrogens (tertiary/aromatic N) is 1. The molecule has 0 saturated carbocycles. The third-order valence-electron chi connectivity index (χ3n) is 3.37. The molecule has 0 aliphatic rings. The highest BCUT2D eigenvalue weighted by Crippen LogP contribution is 2.29. The highest BCUT2D eigenvalue weighted by atomic mass is 16.6. The molecular weight excluding hydrogens is 268 g/mol. The molecule has 0 bridgehead atoms. The summed E-state index contributed by atoms with van der Waals surface area (Å²) in [6.45, 7) is 3.50. The number of aryl methyl sites for hydroxylation is 2. The van der Waals surface area contributed by atoms with Gasteiger partial charge in [-0.1, -0.05) is 42.0 Å². The third kappa shape index (κ3) is 3.08. The Morgan fingerprint density at radius 2 is 1.90 bits per heavy atom. The average Bonchev–Trinajstić information content (AvgIpc) is 2.37. The third-order valence-corrected chi connectivity index (χ3v) is 3.37. The summed E-state index contributed by atoms with van der Waals surface area (Å²) in [7, 11) is 0. The Hall–Kier alpha value is -2.69. The summed E-state index contributed by atoms with van der Waals surface area (Å²) >= 11 is 0. The summed E-state index contributed by atoms with van der Waals surface area (Å²) in [5, 5.41) is 10.8. The van der Waals surface area contributed by atoms with E-state index in [1.165, 1.54) is 0 Å². The standard InChI is InChI=1S/C16H16N2O3/c1-10-6-7-13(11(2)8-10)14-5-3-4-12(9-18(20)21)15(14)16(17)19/h3-8H,9H2,1-2H3,(H2,17,19). The van der Waals surface area contributed by atoms with Crippen LogP contribution in [0, 0.1) is 24.0 Å². The van der Waals surface area contributed by atoms with Crippen molar-refractivity contribution in [2.24, 2.45) is 5.73 Å². The van der Waals surface area contributed by atoms with E-state index in [2.05, 4.69) is 0 Å². The first-order valence-electron chi connectivity index (χ1n) is 6.51. The Bertz CT molecular complexity index is 723. The van der Waals surface area contributed by atoms with E-state index >= 15 is 0 Å². The number of hydrogen-bond acceptors (Lipinski definition) is 3. The van der Waals surface area contributed by atoms with Gasteiger partial charge in [0.1, 0.15) is 0 Å². The summed E-state index contributed by atoms with van der Waals surface area (Å²) in [4.78, 5) is 22.1. The van der Waals surface area contributed by atoms with Crippen LogP contribution in [0.1, 0.15) is 27.0 Å². The summed E-state index contributed by atoms with van der Waals surface area (Å²) in [5.74, 6) is -0.651. The fourth-order valence-electron chi connectivity index (χ4n) is 2.50. The lowest BCUT2D eigenvalue weighted by atomic mass is 9.91. The van der Waals surface area contributed by atoms with E-state index in [9.17, 15) is 14.9 Å². The van der Waals surface area contributed by atoms with E-state index in [4.69, 9.17) is 5.73 Å². The number of hydrogen-bond donors (Lipinski definition) is 1. The molecule has 5 heteroatoms. The van der Waals surface area contributed by atoms with Gasteiger partial charge in [-0.2, -0.15) is 0 Å². The van der Waals surface area contributed by atoms with Crippen molar-refractivity contribution < 1.29 is 9.72 Å². The van der Waals surface area contributed by atoms with Gasteiger partial charge >= 0.3 is 0 Å². The van der Waals surface area contributed by atoms with Crippen molar-refractivity contribution in [3.63, 3.8) is 0 Å². The monoisotopic (exact) mass is 284 g/mol. The normalized spacial score (nSPS) is 10.4. The molecule has 0 radical (unpaired) electrons. The molecule has 0 aromatic heterocycles. The van der Waals surface area contributed by atoms with Crippen molar-refractivity contribution in [3.05, 3.63) is 68.8 Å². The zero-order valence-electron chi connectivity index (χ0n) is 11.9. The van der Waals surface area contributed by atoms with Gasteiger partial charge in [-0.15, -0.1) is 0 Å². The molecule has 0 heterocycles. The molecule has 2 rings (SSSR count). The first kappa shape index (κ1) is 14.7. The van der Waals surface area contributed by atoms with Crippen LogP contribution < -0.4 is 5.73 Å². The van der Waals surface area contributed by atoms with E-state index in [0.29, 0.717) is 11.1 Å². The van der Waals surface area contributed by atoms with Gasteiger partial charge in [0.2, 0.25) is 12.5 Å². The predicted octanol–water partition coefficient (Wildman–Crippen LogP) is 2.85. The number of carbonyl (C=O) groups is 1. The van der Waals surface area contributed by atoms with E-state index in [1.807, 2.05) is 32.0 Å². The quantitative estimate of drug-likeness (QED) is 0.691. The van der Waals surface area contributed by atoms with Gasteiger partial charge in [0.25, 0.3) is 0 Å². The molecule has 5 nitrogen and oxygen atoms in total. The summed E-state index contributed by atoms with van der Waals surface area (Å²) in [6, 6.07) is 10.9. The van der Waals surface area contributed by atoms with Gasteiger partial charge in [-0.05, 0) is 30.5 Å². The average molecular weight is 284 g/mol. The van der Waals surface area contributed by atoms with Crippen LogP contribution in [0.2, 0.25) is 0 Å². The van der Waals surface area contributed by atoms with Crippen LogP contribution in [0.3, 0.4) is 0 Å². The van der Waals surface area contributed by atoms with E-state index < -0.39 is 17.4 Å². The van der Waals surface area contributed by atoms with Gasteiger partial charge in [0.05, 0.1) is 5.56 Å². The Morgan fingerprint density at radius 1 is 1.19 bits per heavy atom. The lowest BCUT2D eigenvalue weighted by molar-refractivity contribution is -0.496. The molecule has 1 amide bonds. The highest BCUT2D eigenvalue weighted by molar-refractivity contribution is 6.01. The lowest BCUT2D eigenvalue weighted by Crippen LogP contribution is -2.17. The molecule has 2 aromatic carbocycles. The van der Waals surface area contributed by atoms with E-state index in [-0.39, 0.29) is 5.56 Å². The van der Waals surface area contributed by atoms with Crippen molar-refractivity contribution in [1.82, 2.24) is 0 Å². The minimum Gasteiger partial charge on any atom is -0.366 e. The van der Waals surface area contributed by atoms with Crippen LogP contribution in [0.4, 0.5) is 0 Å². The van der Waals surface area contributed by atoms with Crippen LogP contribution in [0.15, 0.2) is 36.4 Å². The summed E-state index contributed by atoms with van der Waals surface area (Å²) in [6.07, 6.45) is 0. The Morgan fingerprint density at radius 3 is 2.48 bits per heavy atom. The van der Waals surface area contributed by atoms with Crippen molar-refractivity contribution in [1.29, 1.82) is 0 Å². The van der Waals surface area contributed by atoms with E-state index in [1.54, 1.807) is 18.2 Å². The van der Waals surface area contributed by atoms with Gasteiger partial charge in [-0.3, -0.25) is 14.9 Å². The lowest BCUT2D eigenvalue weighted by Gasteiger charge is -2.13. The number of benzene rings is 2. The fraction of sp³-hybridized carbons (Fsp3) is 0.188. The van der Waals surface area contributed by atoms with E-state index in [0.717, 1.165) is 16.7 Å². The molecule has 21 heavy (non-hydrogen) atoms. The second-order valence-electron chi connectivity index (χ2n) is 5.01. The second-order valence-corrected chi connectivity index (χ2v) is 5.01. The van der Waals surface area contributed by atoms with Gasteiger partial charge in [-0.25, -0.2) is 0 Å². The SMILES string of the molecule is Cc1ccc(-c2cccc(C[N+](=O)[O-])c2C(N)=O)c(C)c1. The number of nitro groups is 1. The number of primary amides is 1. The molecule has 0 atom stereocenters. The summed E-state index contributed by atoms with van der Waals surface area (Å²) in [5.41, 5.74) is 9.61. The fourth-order valence-corrected chi connectivity index (χ4v) is 2.50. The van der Waals surface area contributed by atoms with Crippen LogP contribution in [-0.4, -0.2) is 10.8 Å². The van der Waals surface area contributed by atoms with Gasteiger partial charge < -0.3 is 5.73 Å². The first-order valence-corrected chi connectivity index (χ1v) is 6.51. The van der Waals surface area contributed by atoms with Crippen molar-refractivity contribution in [2.45, 2.75) is 20.4 Å². The Balaban J connectivity index is 2.68.